The summed E-state index contributed by atoms with van der Waals surface area (Å²) in [7, 11) is 0. The minimum Gasteiger partial charge on any atom is -0.354 e. The number of aromatic nitrogens is 1. The molecular formula is C18H16N2O. The van der Waals surface area contributed by atoms with Gasteiger partial charge in [0.1, 0.15) is 0 Å². The Bertz CT molecular complexity index is 861. The van der Waals surface area contributed by atoms with Crippen LogP contribution in [0.15, 0.2) is 42.5 Å². The second kappa shape index (κ2) is 4.48. The van der Waals surface area contributed by atoms with Crippen LogP contribution in [-0.2, 0) is 17.6 Å². The smallest absolute Gasteiger partial charge is 0.228 e. The Balaban J connectivity index is 2.12. The maximum Gasteiger partial charge on any atom is 0.228 e. The highest BCUT2D eigenvalue weighted by molar-refractivity contribution is 6.05. The predicted molar refractivity (Wildman–Crippen MR) is 85.4 cm³/mol. The van der Waals surface area contributed by atoms with Crippen LogP contribution in [-0.4, -0.2) is 10.9 Å². The van der Waals surface area contributed by atoms with Crippen molar-refractivity contribution in [3.63, 3.8) is 0 Å². The lowest BCUT2D eigenvalue weighted by Crippen LogP contribution is -2.12. The third-order valence-corrected chi connectivity index (χ3v) is 4.21. The molecule has 2 heterocycles. The van der Waals surface area contributed by atoms with Crippen molar-refractivity contribution in [2.24, 2.45) is 0 Å². The number of para-hydroxylation sites is 1. The normalized spacial score (nSPS) is 13.5. The molecule has 104 valence electrons. The van der Waals surface area contributed by atoms with Crippen molar-refractivity contribution in [2.45, 2.75) is 19.8 Å². The third-order valence-electron chi connectivity index (χ3n) is 4.21. The van der Waals surface area contributed by atoms with E-state index < -0.39 is 0 Å². The molecule has 21 heavy (non-hydrogen) atoms. The number of hydrogen-bond acceptors (Lipinski definition) is 1. The first-order valence-electron chi connectivity index (χ1n) is 7.29. The number of aryl methyl sites for hydroxylation is 1. The molecule has 1 aromatic heterocycles. The topological polar surface area (TPSA) is 44.9 Å². The van der Waals surface area contributed by atoms with Crippen LogP contribution in [0.5, 0.6) is 0 Å². The first kappa shape index (κ1) is 12.2. The monoisotopic (exact) mass is 276 g/mol. The molecule has 3 nitrogen and oxygen atoms in total. The Labute approximate surface area is 123 Å². The van der Waals surface area contributed by atoms with Crippen LogP contribution >= 0.6 is 0 Å². The fourth-order valence-electron chi connectivity index (χ4n) is 3.25. The molecule has 3 heteroatoms. The van der Waals surface area contributed by atoms with Gasteiger partial charge < -0.3 is 10.3 Å². The van der Waals surface area contributed by atoms with Gasteiger partial charge in [-0.15, -0.1) is 0 Å². The molecule has 4 rings (SSSR count). The molecule has 0 bridgehead atoms. The van der Waals surface area contributed by atoms with E-state index in [1.165, 1.54) is 5.56 Å². The van der Waals surface area contributed by atoms with E-state index in [4.69, 9.17) is 0 Å². The van der Waals surface area contributed by atoms with Crippen molar-refractivity contribution in [1.29, 1.82) is 0 Å². The van der Waals surface area contributed by atoms with Crippen LogP contribution in [0, 0.1) is 0 Å². The number of anilines is 1. The van der Waals surface area contributed by atoms with Gasteiger partial charge in [0.15, 0.2) is 0 Å². The maximum atomic E-state index is 12.2. The summed E-state index contributed by atoms with van der Waals surface area (Å²) in [5.41, 5.74) is 6.57. The summed E-state index contributed by atoms with van der Waals surface area (Å²) in [6.45, 7) is 2.14. The van der Waals surface area contributed by atoms with Crippen LogP contribution in [0.3, 0.4) is 0 Å². The Morgan fingerprint density at radius 2 is 1.95 bits per heavy atom. The largest absolute Gasteiger partial charge is 0.354 e. The SMILES string of the molecule is CCc1cccc2c1-c1[nH]c3ccccc3c1CC(=O)N2. The third kappa shape index (κ3) is 1.77. The van der Waals surface area contributed by atoms with Gasteiger partial charge in [0.05, 0.1) is 17.8 Å². The van der Waals surface area contributed by atoms with E-state index in [9.17, 15) is 4.79 Å². The zero-order valence-electron chi connectivity index (χ0n) is 11.9. The predicted octanol–water partition coefficient (Wildman–Crippen LogP) is 3.89. The summed E-state index contributed by atoms with van der Waals surface area (Å²) in [6, 6.07) is 14.3. The highest BCUT2D eigenvalue weighted by Crippen LogP contribution is 2.39. The van der Waals surface area contributed by atoms with Gasteiger partial charge in [0.25, 0.3) is 0 Å². The lowest BCUT2D eigenvalue weighted by Gasteiger charge is -2.11. The zero-order valence-corrected chi connectivity index (χ0v) is 11.9. The Morgan fingerprint density at radius 1 is 1.10 bits per heavy atom. The van der Waals surface area contributed by atoms with Gasteiger partial charge in [0, 0.05) is 16.5 Å². The average Bonchev–Trinajstić information content (AvgIpc) is 2.78. The molecule has 1 aliphatic rings. The van der Waals surface area contributed by atoms with Crippen molar-refractivity contribution in [2.75, 3.05) is 5.32 Å². The lowest BCUT2D eigenvalue weighted by molar-refractivity contribution is -0.115. The van der Waals surface area contributed by atoms with Crippen molar-refractivity contribution in [3.8, 4) is 11.3 Å². The number of rotatable bonds is 1. The Kier molecular flexibility index (Phi) is 2.61. The molecule has 2 aromatic carbocycles. The molecule has 0 unspecified atom stereocenters. The van der Waals surface area contributed by atoms with E-state index in [0.717, 1.165) is 39.8 Å². The number of nitrogens with one attached hydrogen (secondary N) is 2. The zero-order chi connectivity index (χ0) is 14.4. The van der Waals surface area contributed by atoms with Crippen LogP contribution in [0.4, 0.5) is 5.69 Å². The first-order valence-corrected chi connectivity index (χ1v) is 7.29. The summed E-state index contributed by atoms with van der Waals surface area (Å²) in [4.78, 5) is 15.7. The number of benzene rings is 2. The number of carbonyl (C=O) groups excluding carboxylic acids is 1. The van der Waals surface area contributed by atoms with Crippen molar-refractivity contribution in [3.05, 3.63) is 53.6 Å². The van der Waals surface area contributed by atoms with Gasteiger partial charge in [-0.1, -0.05) is 37.3 Å². The highest BCUT2D eigenvalue weighted by Gasteiger charge is 2.24. The van der Waals surface area contributed by atoms with Gasteiger partial charge in [-0.05, 0) is 29.7 Å². The van der Waals surface area contributed by atoms with Gasteiger partial charge in [-0.25, -0.2) is 0 Å². The number of H-pyrrole nitrogens is 1. The molecule has 0 saturated heterocycles. The number of aromatic amines is 1. The number of hydrogen-bond donors (Lipinski definition) is 2. The van der Waals surface area contributed by atoms with Gasteiger partial charge in [-0.3, -0.25) is 4.79 Å². The van der Waals surface area contributed by atoms with Crippen LogP contribution in [0.2, 0.25) is 0 Å². The molecule has 0 radical (unpaired) electrons. The van der Waals surface area contributed by atoms with Crippen molar-refractivity contribution in [1.82, 2.24) is 4.98 Å². The fourth-order valence-corrected chi connectivity index (χ4v) is 3.25. The first-order chi connectivity index (χ1) is 10.3. The van der Waals surface area contributed by atoms with Crippen LogP contribution < -0.4 is 5.32 Å². The van der Waals surface area contributed by atoms with Gasteiger partial charge in [-0.2, -0.15) is 0 Å². The molecule has 0 atom stereocenters. The van der Waals surface area contributed by atoms with Gasteiger partial charge in [0.2, 0.25) is 5.91 Å². The minimum atomic E-state index is 0.0491. The van der Waals surface area contributed by atoms with Crippen molar-refractivity contribution >= 4 is 22.5 Å². The minimum absolute atomic E-state index is 0.0491. The second-order valence-electron chi connectivity index (χ2n) is 5.44. The number of carbonyl (C=O) groups is 1. The molecule has 2 N–H and O–H groups in total. The van der Waals surface area contributed by atoms with E-state index in [1.54, 1.807) is 0 Å². The molecule has 0 fully saturated rings. The summed E-state index contributed by atoms with van der Waals surface area (Å²) < 4.78 is 0. The number of fused-ring (bicyclic) bond motifs is 5. The van der Waals surface area contributed by atoms with E-state index in [0.29, 0.717) is 6.42 Å². The quantitative estimate of drug-likeness (QED) is 0.695. The molecule has 1 amide bonds. The highest BCUT2D eigenvalue weighted by atomic mass is 16.1. The van der Waals surface area contributed by atoms with Crippen LogP contribution in [0.1, 0.15) is 18.1 Å². The number of amides is 1. The molecule has 0 aliphatic carbocycles. The summed E-state index contributed by atoms with van der Waals surface area (Å²) >= 11 is 0. The molecular weight excluding hydrogens is 260 g/mol. The van der Waals surface area contributed by atoms with E-state index in [1.807, 2.05) is 24.3 Å². The summed E-state index contributed by atoms with van der Waals surface area (Å²) in [5.74, 6) is 0.0491. The Hall–Kier alpha value is -2.55. The Morgan fingerprint density at radius 3 is 2.81 bits per heavy atom. The van der Waals surface area contributed by atoms with Crippen LogP contribution in [0.25, 0.3) is 22.2 Å². The van der Waals surface area contributed by atoms with Crippen molar-refractivity contribution < 1.29 is 4.79 Å². The average molecular weight is 276 g/mol. The standard InChI is InChI=1S/C18H16N2O/c1-2-11-6-5-9-15-17(11)18-13(10-16(21)19-15)12-7-3-4-8-14(12)20-18/h3-9,20H,2,10H2,1H3,(H,19,21). The van der Waals surface area contributed by atoms with E-state index >= 15 is 0 Å². The van der Waals surface area contributed by atoms with Gasteiger partial charge >= 0.3 is 0 Å². The molecule has 0 spiro atoms. The van der Waals surface area contributed by atoms with E-state index in [2.05, 4.69) is 35.4 Å². The maximum absolute atomic E-state index is 12.2. The summed E-state index contributed by atoms with van der Waals surface area (Å²) in [6.07, 6.45) is 1.35. The molecule has 1 aliphatic heterocycles. The molecule has 0 saturated carbocycles. The van der Waals surface area contributed by atoms with E-state index in [-0.39, 0.29) is 5.91 Å². The second-order valence-corrected chi connectivity index (χ2v) is 5.44. The summed E-state index contributed by atoms with van der Waals surface area (Å²) in [5, 5.41) is 4.18. The lowest BCUT2D eigenvalue weighted by atomic mass is 9.97. The molecule has 3 aromatic rings. The fraction of sp³-hybridized carbons (Fsp3) is 0.167.